The number of amides is 2. The van der Waals surface area contributed by atoms with Gasteiger partial charge < -0.3 is 20.3 Å². The summed E-state index contributed by atoms with van der Waals surface area (Å²) in [6.07, 6.45) is 2.08. The molecule has 3 N–H and O–H groups in total. The Bertz CT molecular complexity index is 834. The number of methoxy groups -OCH3 is 1. The second-order valence-electron chi connectivity index (χ2n) is 7.40. The lowest BCUT2D eigenvalue weighted by Crippen LogP contribution is -3.11. The van der Waals surface area contributed by atoms with Gasteiger partial charge in [0, 0.05) is 11.6 Å². The maximum atomic E-state index is 13.2. The fraction of sp³-hybridized carbons (Fsp3) is 0.364. The van der Waals surface area contributed by atoms with Crippen molar-refractivity contribution in [2.24, 2.45) is 0 Å². The standard InChI is InChI=1S/C22H27N3O3/c1-15-9-12-19(28-3)18(13-15)24-22(27)21(16-7-5-4-6-8-16)25(2)14-20(26)23-17-10-11-17/h4-9,12-13,17,21H,10-11,14H2,1-3H3,(H,23,26)(H,24,27)/p+1/t21-/m0/s1. The Labute approximate surface area is 165 Å². The van der Waals surface area contributed by atoms with Crippen LogP contribution in [0.25, 0.3) is 0 Å². The molecule has 1 saturated carbocycles. The number of benzene rings is 2. The van der Waals surface area contributed by atoms with Crippen molar-refractivity contribution >= 4 is 17.5 Å². The largest absolute Gasteiger partial charge is 0.495 e. The number of ether oxygens (including phenoxy) is 1. The zero-order chi connectivity index (χ0) is 20.1. The first-order valence-electron chi connectivity index (χ1n) is 9.60. The molecule has 148 valence electrons. The minimum absolute atomic E-state index is 0.0260. The van der Waals surface area contributed by atoms with E-state index in [2.05, 4.69) is 10.6 Å². The topological polar surface area (TPSA) is 71.9 Å². The van der Waals surface area contributed by atoms with Crippen molar-refractivity contribution < 1.29 is 19.2 Å². The van der Waals surface area contributed by atoms with E-state index >= 15 is 0 Å². The van der Waals surface area contributed by atoms with Gasteiger partial charge in [0.05, 0.1) is 19.8 Å². The van der Waals surface area contributed by atoms with Crippen LogP contribution in [-0.2, 0) is 9.59 Å². The molecule has 3 rings (SSSR count). The van der Waals surface area contributed by atoms with Crippen molar-refractivity contribution in [2.45, 2.75) is 31.8 Å². The van der Waals surface area contributed by atoms with Crippen molar-refractivity contribution in [3.05, 3.63) is 59.7 Å². The highest BCUT2D eigenvalue weighted by atomic mass is 16.5. The SMILES string of the molecule is COc1ccc(C)cc1NC(=O)[C@H](c1ccccc1)[NH+](C)CC(=O)NC1CC1. The van der Waals surface area contributed by atoms with Crippen LogP contribution in [0.2, 0.25) is 0 Å². The van der Waals surface area contributed by atoms with E-state index < -0.39 is 6.04 Å². The maximum absolute atomic E-state index is 13.2. The van der Waals surface area contributed by atoms with Crippen LogP contribution >= 0.6 is 0 Å². The van der Waals surface area contributed by atoms with E-state index in [9.17, 15) is 9.59 Å². The van der Waals surface area contributed by atoms with Crippen molar-refractivity contribution in [3.63, 3.8) is 0 Å². The number of hydrogen-bond acceptors (Lipinski definition) is 3. The van der Waals surface area contributed by atoms with E-state index in [-0.39, 0.29) is 18.4 Å². The second kappa shape index (κ2) is 8.89. The highest BCUT2D eigenvalue weighted by Gasteiger charge is 2.32. The molecular weight excluding hydrogens is 354 g/mol. The minimum atomic E-state index is -0.517. The van der Waals surface area contributed by atoms with Crippen molar-refractivity contribution in [1.29, 1.82) is 0 Å². The molecule has 6 nitrogen and oxygen atoms in total. The van der Waals surface area contributed by atoms with Crippen LogP contribution < -0.4 is 20.3 Å². The fourth-order valence-electron chi connectivity index (χ4n) is 3.29. The molecule has 2 amide bonds. The lowest BCUT2D eigenvalue weighted by molar-refractivity contribution is -0.894. The predicted octanol–water partition coefficient (Wildman–Crippen LogP) is 1.48. The van der Waals surface area contributed by atoms with E-state index in [1.165, 1.54) is 0 Å². The monoisotopic (exact) mass is 382 g/mol. The van der Waals surface area contributed by atoms with Crippen LogP contribution in [0.15, 0.2) is 48.5 Å². The molecule has 0 aromatic heterocycles. The molecule has 0 spiro atoms. The van der Waals surface area contributed by atoms with E-state index in [0.717, 1.165) is 28.9 Å². The molecule has 0 radical (unpaired) electrons. The van der Waals surface area contributed by atoms with Gasteiger partial charge >= 0.3 is 0 Å². The summed E-state index contributed by atoms with van der Waals surface area (Å²) in [5.41, 5.74) is 2.52. The number of aryl methyl sites for hydroxylation is 1. The zero-order valence-corrected chi connectivity index (χ0v) is 16.6. The third-order valence-corrected chi connectivity index (χ3v) is 4.88. The summed E-state index contributed by atoms with van der Waals surface area (Å²) in [4.78, 5) is 26.3. The van der Waals surface area contributed by atoms with Crippen LogP contribution in [-0.4, -0.2) is 38.6 Å². The molecule has 0 aliphatic heterocycles. The molecule has 28 heavy (non-hydrogen) atoms. The number of nitrogens with one attached hydrogen (secondary N) is 3. The smallest absolute Gasteiger partial charge is 0.287 e. The Morgan fingerprint density at radius 1 is 1.18 bits per heavy atom. The Kier molecular flexibility index (Phi) is 6.31. The zero-order valence-electron chi connectivity index (χ0n) is 16.6. The fourth-order valence-corrected chi connectivity index (χ4v) is 3.29. The molecule has 6 heteroatoms. The Morgan fingerprint density at radius 2 is 1.89 bits per heavy atom. The molecule has 0 heterocycles. The van der Waals surface area contributed by atoms with Crippen LogP contribution in [0.5, 0.6) is 5.75 Å². The summed E-state index contributed by atoms with van der Waals surface area (Å²) in [6, 6.07) is 15.0. The second-order valence-corrected chi connectivity index (χ2v) is 7.40. The minimum Gasteiger partial charge on any atom is -0.495 e. The molecule has 2 aromatic carbocycles. The molecule has 1 unspecified atom stereocenters. The van der Waals surface area contributed by atoms with Gasteiger partial charge in [-0.15, -0.1) is 0 Å². The van der Waals surface area contributed by atoms with Gasteiger partial charge in [-0.25, -0.2) is 0 Å². The van der Waals surface area contributed by atoms with E-state index in [1.807, 2.05) is 62.5 Å². The van der Waals surface area contributed by atoms with E-state index in [0.29, 0.717) is 17.5 Å². The lowest BCUT2D eigenvalue weighted by atomic mass is 10.0. The summed E-state index contributed by atoms with van der Waals surface area (Å²) in [5.74, 6) is 0.406. The molecule has 2 atom stereocenters. The Hall–Kier alpha value is -2.86. The number of anilines is 1. The molecular formula is C22H28N3O3+. The summed E-state index contributed by atoms with van der Waals surface area (Å²) in [5, 5.41) is 5.99. The summed E-state index contributed by atoms with van der Waals surface area (Å²) in [7, 11) is 3.45. The molecule has 1 aliphatic carbocycles. The lowest BCUT2D eigenvalue weighted by Gasteiger charge is -2.24. The van der Waals surface area contributed by atoms with Gasteiger partial charge in [-0.05, 0) is 37.5 Å². The normalized spacial score (nSPS) is 15.4. The number of rotatable bonds is 8. The summed E-state index contributed by atoms with van der Waals surface area (Å²) >= 11 is 0. The number of quaternary nitrogens is 1. The highest BCUT2D eigenvalue weighted by Crippen LogP contribution is 2.26. The number of hydrogen-bond donors (Lipinski definition) is 3. The van der Waals surface area contributed by atoms with Gasteiger partial charge in [0.25, 0.3) is 11.8 Å². The molecule has 0 bridgehead atoms. The first-order chi connectivity index (χ1) is 13.5. The summed E-state index contributed by atoms with van der Waals surface area (Å²) < 4.78 is 5.38. The van der Waals surface area contributed by atoms with Gasteiger partial charge in [0.1, 0.15) is 5.75 Å². The average Bonchev–Trinajstić information content (AvgIpc) is 3.46. The maximum Gasteiger partial charge on any atom is 0.287 e. The Morgan fingerprint density at radius 3 is 2.54 bits per heavy atom. The summed E-state index contributed by atoms with van der Waals surface area (Å²) in [6.45, 7) is 2.19. The number of carbonyl (C=O) groups excluding carboxylic acids is 2. The molecule has 2 aromatic rings. The van der Waals surface area contributed by atoms with Crippen molar-refractivity contribution in [1.82, 2.24) is 5.32 Å². The third-order valence-electron chi connectivity index (χ3n) is 4.88. The third kappa shape index (κ3) is 5.10. The van der Waals surface area contributed by atoms with Crippen LogP contribution in [0.1, 0.15) is 30.0 Å². The molecule has 1 aliphatic rings. The average molecular weight is 382 g/mol. The van der Waals surface area contributed by atoms with Crippen LogP contribution in [0.3, 0.4) is 0 Å². The van der Waals surface area contributed by atoms with Gasteiger partial charge in [-0.3, -0.25) is 9.59 Å². The number of likely N-dealkylation sites (N-methyl/N-ethyl adjacent to an activating group) is 1. The van der Waals surface area contributed by atoms with Crippen LogP contribution in [0.4, 0.5) is 5.69 Å². The van der Waals surface area contributed by atoms with Gasteiger partial charge in [-0.1, -0.05) is 36.4 Å². The van der Waals surface area contributed by atoms with Gasteiger partial charge in [-0.2, -0.15) is 0 Å². The first kappa shape index (κ1) is 19.9. The van der Waals surface area contributed by atoms with Crippen molar-refractivity contribution in [3.8, 4) is 5.75 Å². The Balaban J connectivity index is 1.80. The van der Waals surface area contributed by atoms with Crippen LogP contribution in [0, 0.1) is 6.92 Å². The van der Waals surface area contributed by atoms with Gasteiger partial charge in [0.15, 0.2) is 12.6 Å². The highest BCUT2D eigenvalue weighted by molar-refractivity contribution is 5.96. The molecule has 1 fully saturated rings. The van der Waals surface area contributed by atoms with Crippen molar-refractivity contribution in [2.75, 3.05) is 26.0 Å². The van der Waals surface area contributed by atoms with E-state index in [1.54, 1.807) is 7.11 Å². The van der Waals surface area contributed by atoms with E-state index in [4.69, 9.17) is 4.74 Å². The first-order valence-corrected chi connectivity index (χ1v) is 9.60. The van der Waals surface area contributed by atoms with Gasteiger partial charge in [0.2, 0.25) is 0 Å². The molecule has 0 saturated heterocycles. The predicted molar refractivity (Wildman–Crippen MR) is 108 cm³/mol. The number of carbonyl (C=O) groups is 2. The quantitative estimate of drug-likeness (QED) is 0.648.